The van der Waals surface area contributed by atoms with Gasteiger partial charge in [-0.15, -0.1) is 23.7 Å². The smallest absolute Gasteiger partial charge is 0.375 e. The van der Waals surface area contributed by atoms with Gasteiger partial charge in [0.2, 0.25) is 0 Å². The predicted molar refractivity (Wildman–Crippen MR) is 67.8 cm³/mol. The minimum Gasteiger partial charge on any atom is -0.375 e. The molecular formula is C10H15ClF3N3S. The molecule has 1 aromatic heterocycles. The van der Waals surface area contributed by atoms with Gasteiger partial charge in [-0.3, -0.25) is 4.90 Å². The number of hydrogen-bond donors (Lipinski definition) is 1. The van der Waals surface area contributed by atoms with Crippen molar-refractivity contribution < 1.29 is 13.2 Å². The minimum absolute atomic E-state index is 0. The summed E-state index contributed by atoms with van der Waals surface area (Å²) in [4.78, 5) is 6.97. The summed E-state index contributed by atoms with van der Waals surface area (Å²) in [6.07, 6.45) is -2.41. The van der Waals surface area contributed by atoms with E-state index in [-0.39, 0.29) is 18.3 Å². The molecule has 2 heterocycles. The lowest BCUT2D eigenvalue weighted by Gasteiger charge is -2.15. The standard InChI is InChI=1S/C10H14F3N3S.ClH/c11-10(12,13)3-7-1-2-16(5-7)6-8-4-15-9(14)17-8;/h4,7H,1-3,5-6H2,(H2,14,15);1H. The molecule has 1 fully saturated rings. The third-order valence-electron chi connectivity index (χ3n) is 2.84. The zero-order chi connectivity index (χ0) is 12.5. The highest BCUT2D eigenvalue weighted by Crippen LogP contribution is 2.31. The van der Waals surface area contributed by atoms with Crippen molar-refractivity contribution in [1.82, 2.24) is 9.88 Å². The Balaban J connectivity index is 0.00000162. The van der Waals surface area contributed by atoms with Gasteiger partial charge in [-0.05, 0) is 18.9 Å². The molecular weight excluding hydrogens is 287 g/mol. The first-order valence-corrected chi connectivity index (χ1v) is 6.23. The number of aromatic nitrogens is 1. The van der Waals surface area contributed by atoms with Crippen LogP contribution in [-0.2, 0) is 6.54 Å². The first-order chi connectivity index (χ1) is 7.92. The van der Waals surface area contributed by atoms with Gasteiger partial charge < -0.3 is 5.73 Å². The van der Waals surface area contributed by atoms with Gasteiger partial charge in [-0.1, -0.05) is 0 Å². The summed E-state index contributed by atoms with van der Waals surface area (Å²) in [5.74, 6) is -0.264. The van der Waals surface area contributed by atoms with Gasteiger partial charge in [0.25, 0.3) is 0 Å². The minimum atomic E-state index is -4.05. The van der Waals surface area contributed by atoms with E-state index >= 15 is 0 Å². The Kier molecular flexibility index (Phi) is 5.24. The highest BCUT2D eigenvalue weighted by atomic mass is 35.5. The van der Waals surface area contributed by atoms with Crippen LogP contribution in [0.1, 0.15) is 17.7 Å². The van der Waals surface area contributed by atoms with Gasteiger partial charge in [0, 0.05) is 30.6 Å². The molecule has 2 N–H and O–H groups in total. The normalized spacial score (nSPS) is 20.9. The van der Waals surface area contributed by atoms with E-state index in [2.05, 4.69) is 4.98 Å². The molecule has 0 spiro atoms. The van der Waals surface area contributed by atoms with Gasteiger partial charge >= 0.3 is 6.18 Å². The zero-order valence-electron chi connectivity index (χ0n) is 9.61. The van der Waals surface area contributed by atoms with Crippen LogP contribution in [0, 0.1) is 5.92 Å². The second-order valence-electron chi connectivity index (χ2n) is 4.37. The molecule has 0 amide bonds. The molecule has 0 saturated carbocycles. The van der Waals surface area contributed by atoms with Crippen LogP contribution < -0.4 is 5.73 Å². The molecule has 1 unspecified atom stereocenters. The van der Waals surface area contributed by atoms with Crippen molar-refractivity contribution in [3.05, 3.63) is 11.1 Å². The summed E-state index contributed by atoms with van der Waals surface area (Å²) in [6, 6.07) is 0. The molecule has 0 aromatic carbocycles. The highest BCUT2D eigenvalue weighted by Gasteiger charge is 2.35. The van der Waals surface area contributed by atoms with E-state index < -0.39 is 12.6 Å². The Morgan fingerprint density at radius 2 is 2.22 bits per heavy atom. The Labute approximate surface area is 114 Å². The monoisotopic (exact) mass is 301 g/mol. The van der Waals surface area contributed by atoms with Crippen molar-refractivity contribution in [1.29, 1.82) is 0 Å². The molecule has 2 rings (SSSR count). The average Bonchev–Trinajstić information content (AvgIpc) is 2.74. The van der Waals surface area contributed by atoms with Crippen molar-refractivity contribution in [3.63, 3.8) is 0 Å². The quantitative estimate of drug-likeness (QED) is 0.933. The van der Waals surface area contributed by atoms with Crippen LogP contribution >= 0.6 is 23.7 Å². The molecule has 3 nitrogen and oxygen atoms in total. The molecule has 1 aliphatic heterocycles. The number of nitrogen functional groups attached to an aromatic ring is 1. The van der Waals surface area contributed by atoms with Crippen LogP contribution in [-0.4, -0.2) is 29.1 Å². The topological polar surface area (TPSA) is 42.1 Å². The van der Waals surface area contributed by atoms with E-state index in [9.17, 15) is 13.2 Å². The fourth-order valence-electron chi connectivity index (χ4n) is 2.17. The molecule has 1 saturated heterocycles. The van der Waals surface area contributed by atoms with Crippen molar-refractivity contribution in [2.45, 2.75) is 25.6 Å². The number of halogens is 4. The van der Waals surface area contributed by atoms with Crippen LogP contribution in [0.15, 0.2) is 6.20 Å². The fraction of sp³-hybridized carbons (Fsp3) is 0.700. The third kappa shape index (κ3) is 4.62. The van der Waals surface area contributed by atoms with E-state index in [4.69, 9.17) is 5.73 Å². The van der Waals surface area contributed by atoms with Gasteiger partial charge in [0.1, 0.15) is 0 Å². The largest absolute Gasteiger partial charge is 0.389 e. The first-order valence-electron chi connectivity index (χ1n) is 5.41. The SMILES string of the molecule is Cl.Nc1ncc(CN2CCC(CC(F)(F)F)C2)s1. The first kappa shape index (κ1) is 15.5. The van der Waals surface area contributed by atoms with Crippen molar-refractivity contribution in [2.75, 3.05) is 18.8 Å². The van der Waals surface area contributed by atoms with E-state index in [1.165, 1.54) is 11.3 Å². The molecule has 0 radical (unpaired) electrons. The molecule has 1 atom stereocenters. The van der Waals surface area contributed by atoms with Crippen LogP contribution in [0.5, 0.6) is 0 Å². The number of likely N-dealkylation sites (tertiary alicyclic amines) is 1. The molecule has 0 bridgehead atoms. The number of rotatable bonds is 3. The third-order valence-corrected chi connectivity index (χ3v) is 3.65. The Morgan fingerprint density at radius 1 is 1.50 bits per heavy atom. The molecule has 18 heavy (non-hydrogen) atoms. The summed E-state index contributed by atoms with van der Waals surface area (Å²) in [6.45, 7) is 1.89. The van der Waals surface area contributed by atoms with Crippen LogP contribution in [0.3, 0.4) is 0 Å². The lowest BCUT2D eigenvalue weighted by Crippen LogP contribution is -2.21. The van der Waals surface area contributed by atoms with Crippen LogP contribution in [0.2, 0.25) is 0 Å². The van der Waals surface area contributed by atoms with Gasteiger partial charge in [0.15, 0.2) is 5.13 Å². The predicted octanol–water partition coefficient (Wildman–Crippen LogP) is 2.92. The number of nitrogens with zero attached hydrogens (tertiary/aromatic N) is 2. The highest BCUT2D eigenvalue weighted by molar-refractivity contribution is 7.15. The Hall–Kier alpha value is -0.530. The molecule has 1 aromatic rings. The summed E-state index contributed by atoms with van der Waals surface area (Å²) in [5, 5.41) is 0.506. The van der Waals surface area contributed by atoms with Gasteiger partial charge in [-0.25, -0.2) is 4.98 Å². The van der Waals surface area contributed by atoms with Gasteiger partial charge in [-0.2, -0.15) is 13.2 Å². The Morgan fingerprint density at radius 3 is 2.78 bits per heavy atom. The lowest BCUT2D eigenvalue weighted by atomic mass is 10.1. The maximum atomic E-state index is 12.2. The van der Waals surface area contributed by atoms with E-state index in [1.54, 1.807) is 6.20 Å². The number of thiazole rings is 1. The zero-order valence-corrected chi connectivity index (χ0v) is 11.2. The second kappa shape index (κ2) is 6.08. The Bertz CT molecular complexity index is 383. The van der Waals surface area contributed by atoms with E-state index in [1.807, 2.05) is 4.90 Å². The molecule has 1 aliphatic rings. The van der Waals surface area contributed by atoms with Crippen molar-refractivity contribution in [3.8, 4) is 0 Å². The van der Waals surface area contributed by atoms with Crippen LogP contribution in [0.4, 0.5) is 18.3 Å². The summed E-state index contributed by atoms with van der Waals surface area (Å²) < 4.78 is 36.7. The van der Waals surface area contributed by atoms with Crippen LogP contribution in [0.25, 0.3) is 0 Å². The summed E-state index contributed by atoms with van der Waals surface area (Å²) in [7, 11) is 0. The summed E-state index contributed by atoms with van der Waals surface area (Å²) >= 11 is 1.39. The molecule has 104 valence electrons. The molecule has 0 aliphatic carbocycles. The number of anilines is 1. The maximum absolute atomic E-state index is 12.2. The van der Waals surface area contributed by atoms with E-state index in [0.717, 1.165) is 11.4 Å². The maximum Gasteiger partial charge on any atom is 0.389 e. The van der Waals surface area contributed by atoms with E-state index in [0.29, 0.717) is 24.6 Å². The fourth-order valence-corrected chi connectivity index (χ4v) is 2.89. The number of nitrogens with two attached hydrogens (primary N) is 1. The van der Waals surface area contributed by atoms with Crippen molar-refractivity contribution >= 4 is 28.9 Å². The lowest BCUT2D eigenvalue weighted by molar-refractivity contribution is -0.143. The summed E-state index contributed by atoms with van der Waals surface area (Å²) in [5.41, 5.74) is 5.50. The van der Waals surface area contributed by atoms with Gasteiger partial charge in [0.05, 0.1) is 0 Å². The average molecular weight is 302 g/mol. The molecule has 8 heteroatoms. The second-order valence-corrected chi connectivity index (χ2v) is 5.52. The van der Waals surface area contributed by atoms with Crippen molar-refractivity contribution in [2.24, 2.45) is 5.92 Å². The number of alkyl halides is 3. The number of hydrogen-bond acceptors (Lipinski definition) is 4.